The van der Waals surface area contributed by atoms with Gasteiger partial charge in [-0.05, 0) is 94.8 Å². The molecule has 0 bridgehead atoms. The van der Waals surface area contributed by atoms with Crippen molar-refractivity contribution in [2.24, 2.45) is 0 Å². The summed E-state index contributed by atoms with van der Waals surface area (Å²) in [5.74, 6) is 0.731. The van der Waals surface area contributed by atoms with E-state index < -0.39 is 0 Å². The minimum Gasteiger partial charge on any atom is -0.370 e. The quantitative estimate of drug-likeness (QED) is 0.252. The zero-order chi connectivity index (χ0) is 26.6. The summed E-state index contributed by atoms with van der Waals surface area (Å²) in [7, 11) is 0. The smallest absolute Gasteiger partial charge is 0.181 e. The van der Waals surface area contributed by atoms with Crippen molar-refractivity contribution in [2.75, 3.05) is 37.6 Å². The average molecular weight is 523 g/mol. The van der Waals surface area contributed by atoms with Gasteiger partial charge >= 0.3 is 0 Å². The van der Waals surface area contributed by atoms with Crippen LogP contribution in [0.1, 0.15) is 57.4 Å². The number of likely N-dealkylation sites (tertiary alicyclic amines) is 1. The molecule has 8 nitrogen and oxygen atoms in total. The number of hydrogen-bond acceptors (Lipinski definition) is 6. The van der Waals surface area contributed by atoms with E-state index in [2.05, 4.69) is 72.7 Å². The maximum Gasteiger partial charge on any atom is 0.181 e. The second kappa shape index (κ2) is 11.5. The molecule has 4 aromatic rings. The molecule has 202 valence electrons. The number of anilines is 1. The lowest BCUT2D eigenvalue weighted by Crippen LogP contribution is -2.29. The summed E-state index contributed by atoms with van der Waals surface area (Å²) in [5, 5.41) is 8.59. The van der Waals surface area contributed by atoms with Crippen LogP contribution in [-0.2, 0) is 0 Å². The minimum atomic E-state index is 0.674. The second-order valence-corrected chi connectivity index (χ2v) is 10.7. The Morgan fingerprint density at radius 2 is 1.87 bits per heavy atom. The van der Waals surface area contributed by atoms with Gasteiger partial charge in [0.2, 0.25) is 0 Å². The SMILES string of the molecule is C=C/C(=C\C(=C/C)c1cnc2n[nH]c(-c3nc4nccc(N5CCCCC5)c4[nH]3)c2c1)CCCN1CCCC1. The Kier molecular flexibility index (Phi) is 7.54. The number of H-pyrrole nitrogens is 2. The average Bonchev–Trinajstić information content (AvgIpc) is 3.74. The number of imidazole rings is 1. The molecule has 0 saturated carbocycles. The van der Waals surface area contributed by atoms with E-state index in [-0.39, 0.29) is 0 Å². The van der Waals surface area contributed by atoms with Crippen LogP contribution in [0.2, 0.25) is 0 Å². The van der Waals surface area contributed by atoms with Crippen LogP contribution in [0.15, 0.2) is 54.9 Å². The lowest BCUT2D eigenvalue weighted by Gasteiger charge is -2.28. The molecule has 0 aliphatic carbocycles. The van der Waals surface area contributed by atoms with Gasteiger partial charge in [0.05, 0.1) is 11.1 Å². The van der Waals surface area contributed by atoms with Crippen LogP contribution in [0.3, 0.4) is 0 Å². The van der Waals surface area contributed by atoms with Crippen LogP contribution in [0, 0.1) is 0 Å². The Morgan fingerprint density at radius 1 is 1.05 bits per heavy atom. The van der Waals surface area contributed by atoms with Crippen molar-refractivity contribution in [3.8, 4) is 11.5 Å². The maximum absolute atomic E-state index is 4.85. The summed E-state index contributed by atoms with van der Waals surface area (Å²) in [6.45, 7) is 11.9. The highest BCUT2D eigenvalue weighted by atomic mass is 15.2. The van der Waals surface area contributed by atoms with Crippen molar-refractivity contribution >= 4 is 33.5 Å². The number of rotatable bonds is 9. The van der Waals surface area contributed by atoms with Gasteiger partial charge in [-0.2, -0.15) is 5.10 Å². The van der Waals surface area contributed by atoms with E-state index in [1.54, 1.807) is 0 Å². The summed E-state index contributed by atoms with van der Waals surface area (Å²) < 4.78 is 0. The number of allylic oxidation sites excluding steroid dienone is 5. The molecule has 2 saturated heterocycles. The third-order valence-electron chi connectivity index (χ3n) is 8.10. The van der Waals surface area contributed by atoms with E-state index in [0.717, 1.165) is 71.7 Å². The fraction of sp³-hybridized carbons (Fsp3) is 0.419. The van der Waals surface area contributed by atoms with Crippen molar-refractivity contribution in [1.82, 2.24) is 35.0 Å². The first-order valence-electron chi connectivity index (χ1n) is 14.4. The third kappa shape index (κ3) is 5.39. The summed E-state index contributed by atoms with van der Waals surface area (Å²) in [6.07, 6.45) is 18.7. The molecule has 6 rings (SSSR count). The zero-order valence-electron chi connectivity index (χ0n) is 22.9. The van der Waals surface area contributed by atoms with E-state index in [1.807, 2.05) is 18.5 Å². The summed E-state index contributed by atoms with van der Waals surface area (Å²) in [6, 6.07) is 4.25. The van der Waals surface area contributed by atoms with Crippen molar-refractivity contribution in [3.63, 3.8) is 0 Å². The number of fused-ring (bicyclic) bond motifs is 2. The number of hydrogen-bond donors (Lipinski definition) is 2. The number of piperidine rings is 1. The monoisotopic (exact) mass is 522 g/mol. The molecule has 2 N–H and O–H groups in total. The lowest BCUT2D eigenvalue weighted by molar-refractivity contribution is 0.334. The van der Waals surface area contributed by atoms with Crippen molar-refractivity contribution in [1.29, 1.82) is 0 Å². The van der Waals surface area contributed by atoms with Gasteiger partial charge in [0, 0.05) is 31.0 Å². The Balaban J connectivity index is 1.28. The van der Waals surface area contributed by atoms with E-state index in [0.29, 0.717) is 5.65 Å². The molecule has 2 fully saturated rings. The largest absolute Gasteiger partial charge is 0.370 e. The van der Waals surface area contributed by atoms with E-state index in [4.69, 9.17) is 4.98 Å². The van der Waals surface area contributed by atoms with Gasteiger partial charge in [0.1, 0.15) is 11.2 Å². The van der Waals surface area contributed by atoms with E-state index >= 15 is 0 Å². The fourth-order valence-corrected chi connectivity index (χ4v) is 5.93. The summed E-state index contributed by atoms with van der Waals surface area (Å²) in [4.78, 5) is 22.6. The van der Waals surface area contributed by atoms with Crippen LogP contribution in [-0.4, -0.2) is 67.8 Å². The number of aromatic amines is 2. The molecule has 6 heterocycles. The first kappa shape index (κ1) is 25.5. The van der Waals surface area contributed by atoms with Crippen LogP contribution in [0.4, 0.5) is 5.69 Å². The number of aromatic nitrogens is 6. The predicted molar refractivity (Wildman–Crippen MR) is 160 cm³/mol. The number of pyridine rings is 2. The first-order valence-corrected chi connectivity index (χ1v) is 14.4. The Morgan fingerprint density at radius 3 is 2.67 bits per heavy atom. The molecule has 2 aliphatic rings. The summed E-state index contributed by atoms with van der Waals surface area (Å²) >= 11 is 0. The molecule has 2 aliphatic heterocycles. The molecule has 0 aromatic carbocycles. The lowest BCUT2D eigenvalue weighted by atomic mass is 10.0. The Labute approximate surface area is 229 Å². The predicted octanol–water partition coefficient (Wildman–Crippen LogP) is 6.28. The fourth-order valence-electron chi connectivity index (χ4n) is 5.93. The van der Waals surface area contributed by atoms with Crippen molar-refractivity contribution in [3.05, 3.63) is 60.5 Å². The number of nitrogens with zero attached hydrogens (tertiary/aromatic N) is 6. The molecular formula is C31H38N8. The zero-order valence-corrected chi connectivity index (χ0v) is 22.9. The van der Waals surface area contributed by atoms with Gasteiger partial charge in [-0.1, -0.05) is 24.8 Å². The molecule has 0 atom stereocenters. The van der Waals surface area contributed by atoms with Gasteiger partial charge in [0.15, 0.2) is 17.1 Å². The minimum absolute atomic E-state index is 0.674. The second-order valence-electron chi connectivity index (χ2n) is 10.7. The van der Waals surface area contributed by atoms with Crippen molar-refractivity contribution < 1.29 is 0 Å². The standard InChI is InChI=1S/C31H38N8/c1-3-22(11-10-16-38-14-8-9-15-38)19-23(4-2)24-20-25-27(36-37-29(25)33-21-24)31-34-28-26(12-13-32-30(28)35-31)39-17-6-5-7-18-39/h3-4,12-13,19-21H,1,5-11,14-18H2,2H3,(H,32,34,35)(H,33,36,37)/b22-19+,23-4+. The normalized spacial score (nSPS) is 17.5. The number of nitrogens with one attached hydrogen (secondary N) is 2. The van der Waals surface area contributed by atoms with Crippen LogP contribution >= 0.6 is 0 Å². The molecule has 8 heteroatoms. The highest BCUT2D eigenvalue weighted by Gasteiger charge is 2.19. The van der Waals surface area contributed by atoms with Gasteiger partial charge in [0.25, 0.3) is 0 Å². The molecular weight excluding hydrogens is 484 g/mol. The molecule has 39 heavy (non-hydrogen) atoms. The molecule has 0 radical (unpaired) electrons. The first-order chi connectivity index (χ1) is 19.2. The Bertz CT molecular complexity index is 1510. The van der Waals surface area contributed by atoms with Gasteiger partial charge in [-0.3, -0.25) is 5.10 Å². The topological polar surface area (TPSA) is 89.6 Å². The highest BCUT2D eigenvalue weighted by molar-refractivity contribution is 5.95. The van der Waals surface area contributed by atoms with Crippen molar-refractivity contribution in [2.45, 2.75) is 51.9 Å². The van der Waals surface area contributed by atoms with Crippen LogP contribution in [0.5, 0.6) is 0 Å². The third-order valence-corrected chi connectivity index (χ3v) is 8.10. The molecule has 0 unspecified atom stereocenters. The molecule has 4 aromatic heterocycles. The van der Waals surface area contributed by atoms with Crippen LogP contribution in [0.25, 0.3) is 39.3 Å². The van der Waals surface area contributed by atoms with Gasteiger partial charge in [-0.25, -0.2) is 15.0 Å². The summed E-state index contributed by atoms with van der Waals surface area (Å²) in [5.41, 5.74) is 7.81. The van der Waals surface area contributed by atoms with E-state index in [1.165, 1.54) is 56.5 Å². The highest BCUT2D eigenvalue weighted by Crippen LogP contribution is 2.32. The van der Waals surface area contributed by atoms with Gasteiger partial charge in [-0.15, -0.1) is 0 Å². The van der Waals surface area contributed by atoms with E-state index in [9.17, 15) is 0 Å². The Hall–Kier alpha value is -3.78. The molecule has 0 spiro atoms. The van der Waals surface area contributed by atoms with Crippen LogP contribution < -0.4 is 4.90 Å². The molecule has 0 amide bonds. The van der Waals surface area contributed by atoms with Gasteiger partial charge < -0.3 is 14.8 Å². The maximum atomic E-state index is 4.85.